The molecular weight excluding hydrogens is 560 g/mol. The number of aromatic hydroxyl groups is 1. The highest BCUT2D eigenvalue weighted by atomic mass is 16.3. The molecule has 0 aliphatic heterocycles. The van der Waals surface area contributed by atoms with Crippen LogP contribution in [-0.2, 0) is 49.7 Å². The van der Waals surface area contributed by atoms with E-state index in [-0.39, 0.29) is 48.3 Å². The Balaban J connectivity index is 1.53. The molecule has 5 rings (SSSR count). The number of aliphatic hydroxyl groups is 1. The minimum atomic E-state index is -2.74. The molecule has 0 spiro atoms. The van der Waals surface area contributed by atoms with Gasteiger partial charge in [0.05, 0.1) is 11.5 Å². The summed E-state index contributed by atoms with van der Waals surface area (Å²) in [6, 6.07) is 11.0. The van der Waals surface area contributed by atoms with E-state index in [2.05, 4.69) is 0 Å². The summed E-state index contributed by atoms with van der Waals surface area (Å²) in [5.41, 5.74) is -2.72. The van der Waals surface area contributed by atoms with Crippen molar-refractivity contribution in [3.63, 3.8) is 0 Å². The second-order valence-electron chi connectivity index (χ2n) is 14.0. The van der Waals surface area contributed by atoms with Crippen molar-refractivity contribution < 1.29 is 39.0 Å². The third-order valence-electron chi connectivity index (χ3n) is 10.6. The summed E-state index contributed by atoms with van der Waals surface area (Å²) >= 11 is 0. The molecule has 8 heteroatoms. The zero-order valence-corrected chi connectivity index (χ0v) is 26.2. The lowest BCUT2D eigenvalue weighted by Gasteiger charge is -2.61. The van der Waals surface area contributed by atoms with Crippen LogP contribution in [-0.4, -0.2) is 50.5 Å². The number of carbonyl (C=O) groups is 6. The van der Waals surface area contributed by atoms with Gasteiger partial charge >= 0.3 is 0 Å². The molecule has 0 amide bonds. The van der Waals surface area contributed by atoms with Crippen LogP contribution in [0.15, 0.2) is 36.4 Å². The third kappa shape index (κ3) is 4.44. The van der Waals surface area contributed by atoms with Crippen LogP contribution in [0, 0.1) is 34.5 Å². The quantitative estimate of drug-likeness (QED) is 0.454. The average Bonchev–Trinajstić information content (AvgIpc) is 2.92. The van der Waals surface area contributed by atoms with Gasteiger partial charge in [0.2, 0.25) is 0 Å². The number of phenolic OH excluding ortho intramolecular Hbond substituents is 1. The number of benzene rings is 2. The topological polar surface area (TPSA) is 143 Å². The molecule has 3 unspecified atom stereocenters. The van der Waals surface area contributed by atoms with Crippen molar-refractivity contribution in [3.05, 3.63) is 64.2 Å². The second kappa shape index (κ2) is 10.7. The molecule has 3 aliphatic carbocycles. The lowest BCUT2D eigenvalue weighted by atomic mass is 9.40. The number of Topliss-reactive ketones (excluding diaryl/α,β-unsaturated/α-hetero) is 6. The Bertz CT molecular complexity index is 1620. The van der Waals surface area contributed by atoms with E-state index < -0.39 is 69.0 Å². The van der Waals surface area contributed by atoms with Gasteiger partial charge in [-0.05, 0) is 54.2 Å². The maximum atomic E-state index is 14.4. The smallest absolute Gasteiger partial charge is 0.190 e. The summed E-state index contributed by atoms with van der Waals surface area (Å²) < 4.78 is 0. The van der Waals surface area contributed by atoms with E-state index in [4.69, 9.17) is 0 Å². The first-order chi connectivity index (χ1) is 20.5. The summed E-state index contributed by atoms with van der Waals surface area (Å²) in [7, 11) is 0. The molecule has 6 atom stereocenters. The van der Waals surface area contributed by atoms with Crippen molar-refractivity contribution >= 4 is 34.7 Å². The van der Waals surface area contributed by atoms with E-state index in [1.165, 1.54) is 0 Å². The van der Waals surface area contributed by atoms with Crippen LogP contribution in [0.2, 0.25) is 0 Å². The second-order valence-corrected chi connectivity index (χ2v) is 14.0. The van der Waals surface area contributed by atoms with Gasteiger partial charge in [0.25, 0.3) is 0 Å². The van der Waals surface area contributed by atoms with E-state index in [0.29, 0.717) is 5.56 Å². The molecule has 8 nitrogen and oxygen atoms in total. The zero-order valence-electron chi connectivity index (χ0n) is 26.2. The van der Waals surface area contributed by atoms with Gasteiger partial charge in [0, 0.05) is 29.7 Å². The van der Waals surface area contributed by atoms with E-state index in [1.54, 1.807) is 39.8 Å². The van der Waals surface area contributed by atoms with Gasteiger partial charge in [-0.15, -0.1) is 0 Å². The molecule has 2 fully saturated rings. The highest BCUT2D eigenvalue weighted by Gasteiger charge is 2.76. The fraction of sp³-hybridized carbons (Fsp3) is 0.500. The van der Waals surface area contributed by atoms with E-state index in [1.807, 2.05) is 31.2 Å². The Morgan fingerprint density at radius 2 is 1.55 bits per heavy atom. The first-order valence-electron chi connectivity index (χ1n) is 15.3. The van der Waals surface area contributed by atoms with Crippen LogP contribution in [0.5, 0.6) is 5.75 Å². The summed E-state index contributed by atoms with van der Waals surface area (Å²) in [5, 5.41) is 23.4. The molecule has 44 heavy (non-hydrogen) atoms. The SMILES string of the molecule is CCc1ccc(CC(=O)Cc2ccc3c(c2O)C(=O)C2C(=O)[C@@]4(O)C(=O)C(C(C)=O)C(=O)C(C(C)C)[C@@]4(C)C[C@@]2(C)C3)cc1. The lowest BCUT2D eigenvalue weighted by Crippen LogP contribution is -2.76. The first-order valence-corrected chi connectivity index (χ1v) is 15.3. The number of hydrogen-bond acceptors (Lipinski definition) is 8. The number of ketones is 6. The molecule has 2 aromatic carbocycles. The predicted molar refractivity (Wildman–Crippen MR) is 161 cm³/mol. The minimum Gasteiger partial charge on any atom is -0.507 e. The maximum Gasteiger partial charge on any atom is 0.190 e. The zero-order chi connectivity index (χ0) is 32.5. The van der Waals surface area contributed by atoms with Crippen molar-refractivity contribution in [1.82, 2.24) is 0 Å². The number of aryl methyl sites for hydroxylation is 1. The molecule has 0 heterocycles. The summed E-state index contributed by atoms with van der Waals surface area (Å²) in [4.78, 5) is 81.4. The van der Waals surface area contributed by atoms with Crippen molar-refractivity contribution in [2.75, 3.05) is 0 Å². The maximum absolute atomic E-state index is 14.4. The summed E-state index contributed by atoms with van der Waals surface area (Å²) in [6.07, 6.45) is 1.07. The Hall–Kier alpha value is -3.78. The monoisotopic (exact) mass is 600 g/mol. The molecular formula is C36H40O8. The van der Waals surface area contributed by atoms with Crippen molar-refractivity contribution in [3.8, 4) is 5.75 Å². The van der Waals surface area contributed by atoms with E-state index in [0.717, 1.165) is 24.5 Å². The Morgan fingerprint density at radius 3 is 2.11 bits per heavy atom. The Kier molecular flexibility index (Phi) is 7.68. The molecule has 0 aromatic heterocycles. The Labute approximate surface area is 257 Å². The van der Waals surface area contributed by atoms with Gasteiger partial charge < -0.3 is 10.2 Å². The van der Waals surface area contributed by atoms with Gasteiger partial charge in [0.1, 0.15) is 23.2 Å². The van der Waals surface area contributed by atoms with Crippen LogP contribution in [0.4, 0.5) is 0 Å². The number of carbonyl (C=O) groups excluding carboxylic acids is 6. The highest BCUT2D eigenvalue weighted by Crippen LogP contribution is 2.63. The summed E-state index contributed by atoms with van der Waals surface area (Å²) in [6.45, 7) is 9.92. The van der Waals surface area contributed by atoms with Crippen molar-refractivity contribution in [1.29, 1.82) is 0 Å². The minimum absolute atomic E-state index is 0.000852. The molecule has 0 bridgehead atoms. The normalized spacial score (nSPS) is 31.4. The van der Waals surface area contributed by atoms with Crippen LogP contribution >= 0.6 is 0 Å². The van der Waals surface area contributed by atoms with Gasteiger partial charge in [-0.3, -0.25) is 28.8 Å². The van der Waals surface area contributed by atoms with Crippen LogP contribution in [0.3, 0.4) is 0 Å². The first kappa shape index (κ1) is 31.6. The lowest BCUT2D eigenvalue weighted by molar-refractivity contribution is -0.205. The van der Waals surface area contributed by atoms with Crippen molar-refractivity contribution in [2.45, 2.75) is 79.2 Å². The van der Waals surface area contributed by atoms with Crippen molar-refractivity contribution in [2.24, 2.45) is 34.5 Å². The predicted octanol–water partition coefficient (Wildman–Crippen LogP) is 4.01. The fourth-order valence-electron chi connectivity index (χ4n) is 8.71. The van der Waals surface area contributed by atoms with Gasteiger partial charge in [-0.1, -0.05) is 71.0 Å². The molecule has 3 aliphatic rings. The molecule has 2 N–H and O–H groups in total. The van der Waals surface area contributed by atoms with Crippen LogP contribution < -0.4 is 0 Å². The number of hydrogen-bond donors (Lipinski definition) is 2. The number of rotatable bonds is 7. The van der Waals surface area contributed by atoms with Gasteiger partial charge in [0.15, 0.2) is 28.7 Å². The van der Waals surface area contributed by atoms with Crippen LogP contribution in [0.1, 0.15) is 80.6 Å². The Morgan fingerprint density at radius 1 is 0.932 bits per heavy atom. The molecule has 0 saturated heterocycles. The van der Waals surface area contributed by atoms with Crippen LogP contribution in [0.25, 0.3) is 0 Å². The average molecular weight is 601 g/mol. The number of fused-ring (bicyclic) bond motifs is 3. The molecule has 0 radical (unpaired) electrons. The highest BCUT2D eigenvalue weighted by molar-refractivity contribution is 6.32. The van der Waals surface area contributed by atoms with Gasteiger partial charge in [-0.2, -0.15) is 0 Å². The molecule has 2 aromatic rings. The largest absolute Gasteiger partial charge is 0.507 e. The third-order valence-corrected chi connectivity index (χ3v) is 10.6. The summed E-state index contributed by atoms with van der Waals surface area (Å²) in [5.74, 6) is -9.49. The van der Waals surface area contributed by atoms with E-state index >= 15 is 0 Å². The fourth-order valence-corrected chi connectivity index (χ4v) is 8.71. The molecule has 2 saturated carbocycles. The molecule has 232 valence electrons. The number of phenols is 1. The van der Waals surface area contributed by atoms with E-state index in [9.17, 15) is 39.0 Å². The standard InChI is InChI=1S/C36H40O8/c1-7-20-8-10-21(11-9-20)14-24(38)15-22-12-13-23-16-34(5)17-35(6)27(18(2)3)30(40)25(19(4)37)32(42)36(35,44)33(43)28(34)31(41)26(23)29(22)39/h8-13,18,25,27-28,39,44H,7,14-17H2,1-6H3/t25?,27?,28?,34-,35-,36+/m1/s1. The van der Waals surface area contributed by atoms with Gasteiger partial charge in [-0.25, -0.2) is 0 Å².